The van der Waals surface area contributed by atoms with Crippen LogP contribution in [0, 0.1) is 10.1 Å². The molecule has 34 heavy (non-hydrogen) atoms. The quantitative estimate of drug-likeness (QED) is 0.288. The third-order valence-corrected chi connectivity index (χ3v) is 6.80. The summed E-state index contributed by atoms with van der Waals surface area (Å²) in [6.45, 7) is -1.03. The van der Waals surface area contributed by atoms with Crippen LogP contribution >= 0.6 is 22.7 Å². The lowest BCUT2D eigenvalue weighted by molar-refractivity contribution is -0.384. The number of carbonyl (C=O) groups excluding carboxylic acids is 3. The predicted molar refractivity (Wildman–Crippen MR) is 126 cm³/mol. The van der Waals surface area contributed by atoms with Crippen LogP contribution in [0.15, 0.2) is 64.4 Å². The summed E-state index contributed by atoms with van der Waals surface area (Å²) in [5.74, 6) is -1.97. The van der Waals surface area contributed by atoms with E-state index in [1.165, 1.54) is 45.9 Å². The van der Waals surface area contributed by atoms with E-state index in [4.69, 9.17) is 4.74 Å². The van der Waals surface area contributed by atoms with Gasteiger partial charge in [0.05, 0.1) is 21.6 Å². The largest absolute Gasteiger partial charge is 0.454 e. The normalized spacial score (nSPS) is 15.0. The van der Waals surface area contributed by atoms with Crippen LogP contribution in [0.2, 0.25) is 0 Å². The highest BCUT2D eigenvalue weighted by atomic mass is 32.1. The number of hydrogen-bond donors (Lipinski definition) is 1. The Morgan fingerprint density at radius 2 is 1.94 bits per heavy atom. The Morgan fingerprint density at radius 1 is 1.15 bits per heavy atom. The minimum Gasteiger partial charge on any atom is -0.454 e. The predicted octanol–water partition coefficient (Wildman–Crippen LogP) is 3.37. The van der Waals surface area contributed by atoms with E-state index in [1.54, 1.807) is 0 Å². The standard InChI is InChI=1S/C22H18N4O6S2/c27-20(13-32-21(28)12-23-22(29)14-4-1-5-15(10-14)26(30)31)25-17(19-7-3-9-34-19)11-16(24-25)18-6-2-8-33-18/h1-10,17H,11-13H2,(H,23,29)/t17-/m0/s1. The van der Waals surface area contributed by atoms with Crippen LogP contribution in [0.25, 0.3) is 0 Å². The summed E-state index contributed by atoms with van der Waals surface area (Å²) in [5, 5.41) is 22.9. The fourth-order valence-electron chi connectivity index (χ4n) is 3.31. The van der Waals surface area contributed by atoms with Gasteiger partial charge in [0.1, 0.15) is 6.54 Å². The number of hydrogen-bond acceptors (Lipinski definition) is 9. The van der Waals surface area contributed by atoms with Crippen LogP contribution in [0.4, 0.5) is 5.69 Å². The molecule has 0 saturated carbocycles. The number of benzene rings is 1. The van der Waals surface area contributed by atoms with Crippen molar-refractivity contribution in [1.29, 1.82) is 0 Å². The summed E-state index contributed by atoms with van der Waals surface area (Å²) in [7, 11) is 0. The Balaban J connectivity index is 1.33. The number of ether oxygens (including phenoxy) is 1. The molecule has 0 aliphatic carbocycles. The number of nitrogens with one attached hydrogen (secondary N) is 1. The summed E-state index contributed by atoms with van der Waals surface area (Å²) < 4.78 is 5.04. The van der Waals surface area contributed by atoms with E-state index in [1.807, 2.05) is 35.0 Å². The van der Waals surface area contributed by atoms with Gasteiger partial charge in [0.25, 0.3) is 17.5 Å². The first kappa shape index (κ1) is 23.3. The van der Waals surface area contributed by atoms with Gasteiger partial charge in [-0.3, -0.25) is 24.5 Å². The van der Waals surface area contributed by atoms with Gasteiger partial charge in [-0.1, -0.05) is 18.2 Å². The molecule has 3 aromatic rings. The first-order chi connectivity index (χ1) is 16.4. The summed E-state index contributed by atoms with van der Waals surface area (Å²) >= 11 is 3.05. The summed E-state index contributed by atoms with van der Waals surface area (Å²) in [6, 6.07) is 12.5. The molecule has 1 aromatic carbocycles. The van der Waals surface area contributed by atoms with Gasteiger partial charge in [-0.05, 0) is 29.0 Å². The Labute approximate surface area is 201 Å². The number of esters is 1. The molecule has 2 amide bonds. The SMILES string of the molecule is O=C(CNC(=O)c1cccc([N+](=O)[O-])c1)OCC(=O)N1N=C(c2cccs2)C[C@H]1c1cccs1. The number of carbonyl (C=O) groups is 3. The molecule has 1 N–H and O–H groups in total. The van der Waals surface area contributed by atoms with Crippen molar-refractivity contribution >= 4 is 51.9 Å². The van der Waals surface area contributed by atoms with E-state index in [-0.39, 0.29) is 17.3 Å². The second-order valence-electron chi connectivity index (χ2n) is 7.15. The average Bonchev–Trinajstić information content (AvgIpc) is 3.61. The fraction of sp³-hybridized carbons (Fsp3) is 0.182. The van der Waals surface area contributed by atoms with Crippen LogP contribution in [-0.4, -0.2) is 46.6 Å². The third kappa shape index (κ3) is 5.35. The van der Waals surface area contributed by atoms with Crippen LogP contribution in [0.1, 0.15) is 32.6 Å². The van der Waals surface area contributed by atoms with Gasteiger partial charge in [0.15, 0.2) is 6.61 Å². The van der Waals surface area contributed by atoms with E-state index in [9.17, 15) is 24.5 Å². The number of nitro groups is 1. The molecular weight excluding hydrogens is 480 g/mol. The molecule has 1 atom stereocenters. The fourth-order valence-corrected chi connectivity index (χ4v) is 4.84. The monoisotopic (exact) mass is 498 g/mol. The molecular formula is C22H18N4O6S2. The minimum absolute atomic E-state index is 0.0318. The van der Waals surface area contributed by atoms with E-state index in [0.29, 0.717) is 6.42 Å². The number of hydrazone groups is 1. The number of thiophene rings is 2. The van der Waals surface area contributed by atoms with Crippen LogP contribution in [0.5, 0.6) is 0 Å². The van der Waals surface area contributed by atoms with Crippen molar-refractivity contribution < 1.29 is 24.0 Å². The van der Waals surface area contributed by atoms with E-state index in [2.05, 4.69) is 10.4 Å². The molecule has 0 spiro atoms. The molecule has 2 aromatic heterocycles. The van der Waals surface area contributed by atoms with Crippen LogP contribution in [-0.2, 0) is 14.3 Å². The molecule has 174 valence electrons. The minimum atomic E-state index is -0.818. The van der Waals surface area contributed by atoms with Gasteiger partial charge in [-0.25, -0.2) is 5.01 Å². The average molecular weight is 499 g/mol. The molecule has 0 fully saturated rings. The lowest BCUT2D eigenvalue weighted by Gasteiger charge is -2.20. The van der Waals surface area contributed by atoms with Gasteiger partial charge < -0.3 is 10.1 Å². The maximum atomic E-state index is 12.8. The van der Waals surface area contributed by atoms with Crippen LogP contribution in [0.3, 0.4) is 0 Å². The van der Waals surface area contributed by atoms with Crippen molar-refractivity contribution in [2.24, 2.45) is 5.10 Å². The van der Waals surface area contributed by atoms with Crippen molar-refractivity contribution in [2.75, 3.05) is 13.2 Å². The summed E-state index contributed by atoms with van der Waals surface area (Å²) in [5.41, 5.74) is 0.580. The van der Waals surface area contributed by atoms with E-state index < -0.39 is 35.9 Å². The molecule has 0 saturated heterocycles. The third-order valence-electron chi connectivity index (χ3n) is 4.91. The zero-order valence-electron chi connectivity index (χ0n) is 17.6. The topological polar surface area (TPSA) is 131 Å². The maximum absolute atomic E-state index is 12.8. The molecule has 1 aliphatic rings. The number of rotatable bonds is 8. The molecule has 4 rings (SSSR count). The van der Waals surface area contributed by atoms with E-state index >= 15 is 0 Å². The number of nitro benzene ring substituents is 1. The molecule has 3 heterocycles. The van der Waals surface area contributed by atoms with Gasteiger partial charge in [0.2, 0.25) is 0 Å². The number of amides is 2. The van der Waals surface area contributed by atoms with Crippen molar-refractivity contribution in [2.45, 2.75) is 12.5 Å². The molecule has 0 bridgehead atoms. The Morgan fingerprint density at radius 3 is 2.65 bits per heavy atom. The lowest BCUT2D eigenvalue weighted by atomic mass is 10.1. The molecule has 1 aliphatic heterocycles. The molecule has 12 heteroatoms. The smallest absolute Gasteiger partial charge is 0.325 e. The van der Waals surface area contributed by atoms with E-state index in [0.717, 1.165) is 21.5 Å². The molecule has 10 nitrogen and oxygen atoms in total. The van der Waals surface area contributed by atoms with Crippen LogP contribution < -0.4 is 5.32 Å². The van der Waals surface area contributed by atoms with Crippen molar-refractivity contribution in [3.8, 4) is 0 Å². The molecule has 0 radical (unpaired) electrons. The van der Waals surface area contributed by atoms with Crippen molar-refractivity contribution in [3.05, 3.63) is 84.7 Å². The Hall–Kier alpha value is -3.90. The molecule has 0 unspecified atom stereocenters. The number of non-ortho nitro benzene ring substituents is 1. The first-order valence-electron chi connectivity index (χ1n) is 10.1. The lowest BCUT2D eigenvalue weighted by Crippen LogP contribution is -2.34. The highest BCUT2D eigenvalue weighted by molar-refractivity contribution is 7.12. The van der Waals surface area contributed by atoms with Gasteiger partial charge >= 0.3 is 5.97 Å². The second-order valence-corrected chi connectivity index (χ2v) is 9.08. The Bertz CT molecular complexity index is 1240. The van der Waals surface area contributed by atoms with Gasteiger partial charge in [-0.2, -0.15) is 5.10 Å². The Kier molecular flexibility index (Phi) is 7.09. The highest BCUT2D eigenvalue weighted by Crippen LogP contribution is 2.35. The zero-order valence-corrected chi connectivity index (χ0v) is 19.2. The summed E-state index contributed by atoms with van der Waals surface area (Å²) in [6.07, 6.45) is 0.556. The van der Waals surface area contributed by atoms with Crippen molar-refractivity contribution in [3.63, 3.8) is 0 Å². The maximum Gasteiger partial charge on any atom is 0.325 e. The zero-order chi connectivity index (χ0) is 24.1. The summed E-state index contributed by atoms with van der Waals surface area (Å²) in [4.78, 5) is 49.2. The number of nitrogens with zero attached hydrogens (tertiary/aromatic N) is 3. The first-order valence-corrected chi connectivity index (χ1v) is 11.8. The second kappa shape index (κ2) is 10.4. The van der Waals surface area contributed by atoms with Gasteiger partial charge in [0, 0.05) is 29.0 Å². The van der Waals surface area contributed by atoms with Crippen molar-refractivity contribution in [1.82, 2.24) is 10.3 Å². The highest BCUT2D eigenvalue weighted by Gasteiger charge is 2.34. The van der Waals surface area contributed by atoms with Gasteiger partial charge in [-0.15, -0.1) is 22.7 Å².